The number of carbonyl (C=O) groups excluding carboxylic acids is 1. The van der Waals surface area contributed by atoms with Gasteiger partial charge < -0.3 is 5.32 Å². The van der Waals surface area contributed by atoms with E-state index in [1.807, 2.05) is 0 Å². The molecule has 5 nitrogen and oxygen atoms in total. The number of hydrogen-bond donors (Lipinski definition) is 1. The molecule has 1 aromatic heterocycles. The van der Waals surface area contributed by atoms with Crippen molar-refractivity contribution < 1.29 is 9.18 Å². The van der Waals surface area contributed by atoms with E-state index in [-0.39, 0.29) is 38.2 Å². The van der Waals surface area contributed by atoms with E-state index in [9.17, 15) is 14.0 Å². The molecule has 0 aliphatic heterocycles. The van der Waals surface area contributed by atoms with Crippen LogP contribution in [0.4, 0.5) is 10.1 Å². The van der Waals surface area contributed by atoms with Crippen LogP contribution in [-0.4, -0.2) is 15.5 Å². The standard InChI is InChI=1S/C16H9Cl3FN3O2/c17-8-1-2-12(20)13(5-8)22-14(24)6-23-7-21-15-10(16(23)25)3-9(18)4-11(15)19/h1-5,7H,6H2,(H,22,24). The molecule has 2 aromatic carbocycles. The molecule has 0 radical (unpaired) electrons. The van der Waals surface area contributed by atoms with Gasteiger partial charge in [-0.3, -0.25) is 14.2 Å². The Morgan fingerprint density at radius 1 is 1.16 bits per heavy atom. The van der Waals surface area contributed by atoms with Crippen molar-refractivity contribution in [2.75, 3.05) is 5.32 Å². The molecule has 0 saturated carbocycles. The maximum absolute atomic E-state index is 13.7. The number of fused-ring (bicyclic) bond motifs is 1. The first-order chi connectivity index (χ1) is 11.8. The van der Waals surface area contributed by atoms with Gasteiger partial charge in [0.1, 0.15) is 12.4 Å². The van der Waals surface area contributed by atoms with Gasteiger partial charge in [-0.1, -0.05) is 34.8 Å². The van der Waals surface area contributed by atoms with E-state index >= 15 is 0 Å². The van der Waals surface area contributed by atoms with Crippen molar-refractivity contribution in [2.45, 2.75) is 6.54 Å². The number of rotatable bonds is 3. The minimum atomic E-state index is -0.639. The number of amides is 1. The second-order valence-corrected chi connectivity index (χ2v) is 6.41. The minimum absolute atomic E-state index is 0.0783. The zero-order chi connectivity index (χ0) is 18.1. The summed E-state index contributed by atoms with van der Waals surface area (Å²) in [5.41, 5.74) is -0.282. The zero-order valence-corrected chi connectivity index (χ0v) is 14.7. The number of halogens is 4. The Kier molecular flexibility index (Phi) is 4.94. The second kappa shape index (κ2) is 7.00. The molecule has 0 atom stereocenters. The van der Waals surface area contributed by atoms with Gasteiger partial charge >= 0.3 is 0 Å². The summed E-state index contributed by atoms with van der Waals surface area (Å²) in [4.78, 5) is 28.7. The Hall–Kier alpha value is -2.15. The number of carbonyl (C=O) groups is 1. The lowest BCUT2D eigenvalue weighted by Gasteiger charge is -2.09. The summed E-state index contributed by atoms with van der Waals surface area (Å²) in [6, 6.07) is 6.65. The third-order valence-electron chi connectivity index (χ3n) is 3.36. The van der Waals surface area contributed by atoms with Gasteiger partial charge in [0.25, 0.3) is 5.56 Å². The first kappa shape index (κ1) is 17.7. The topological polar surface area (TPSA) is 64.0 Å². The van der Waals surface area contributed by atoms with E-state index < -0.39 is 17.3 Å². The van der Waals surface area contributed by atoms with E-state index in [0.29, 0.717) is 0 Å². The molecule has 0 spiro atoms. The quantitative estimate of drug-likeness (QED) is 0.719. The molecule has 1 amide bonds. The summed E-state index contributed by atoms with van der Waals surface area (Å²) in [5.74, 6) is -1.25. The molecule has 0 saturated heterocycles. The highest BCUT2D eigenvalue weighted by molar-refractivity contribution is 6.38. The highest BCUT2D eigenvalue weighted by Gasteiger charge is 2.13. The number of nitrogens with zero attached hydrogens (tertiary/aromatic N) is 2. The van der Waals surface area contributed by atoms with Gasteiger partial charge in [0, 0.05) is 10.0 Å². The largest absolute Gasteiger partial charge is 0.322 e. The lowest BCUT2D eigenvalue weighted by molar-refractivity contribution is -0.116. The van der Waals surface area contributed by atoms with Gasteiger partial charge in [-0.15, -0.1) is 0 Å². The van der Waals surface area contributed by atoms with Crippen molar-refractivity contribution in [3.05, 3.63) is 67.9 Å². The Morgan fingerprint density at radius 2 is 1.92 bits per heavy atom. The molecule has 3 rings (SSSR count). The fourth-order valence-corrected chi connectivity index (χ4v) is 2.96. The van der Waals surface area contributed by atoms with E-state index in [2.05, 4.69) is 10.3 Å². The fourth-order valence-electron chi connectivity index (χ4n) is 2.25. The maximum atomic E-state index is 13.7. The average molecular weight is 401 g/mol. The smallest absolute Gasteiger partial charge is 0.261 e. The molecule has 0 aliphatic rings. The van der Waals surface area contributed by atoms with Crippen LogP contribution in [-0.2, 0) is 11.3 Å². The lowest BCUT2D eigenvalue weighted by atomic mass is 10.2. The van der Waals surface area contributed by atoms with E-state index in [4.69, 9.17) is 34.8 Å². The monoisotopic (exact) mass is 399 g/mol. The van der Waals surface area contributed by atoms with Crippen LogP contribution < -0.4 is 10.9 Å². The summed E-state index contributed by atoms with van der Waals surface area (Å²) in [6.45, 7) is -0.363. The molecule has 0 aliphatic carbocycles. The van der Waals surface area contributed by atoms with Gasteiger partial charge in [0.15, 0.2) is 0 Å². The maximum Gasteiger partial charge on any atom is 0.261 e. The van der Waals surface area contributed by atoms with Crippen LogP contribution in [0.2, 0.25) is 15.1 Å². The SMILES string of the molecule is O=C(Cn1cnc2c(Cl)cc(Cl)cc2c1=O)Nc1cc(Cl)ccc1F. The third-order valence-corrected chi connectivity index (χ3v) is 4.10. The number of hydrogen-bond acceptors (Lipinski definition) is 3. The first-order valence-electron chi connectivity index (χ1n) is 6.94. The number of anilines is 1. The van der Waals surface area contributed by atoms with Crippen molar-refractivity contribution in [3.63, 3.8) is 0 Å². The highest BCUT2D eigenvalue weighted by Crippen LogP contribution is 2.24. The van der Waals surface area contributed by atoms with Crippen LogP contribution in [0.25, 0.3) is 10.9 Å². The van der Waals surface area contributed by atoms with Gasteiger partial charge in [0.2, 0.25) is 5.91 Å². The van der Waals surface area contributed by atoms with Crippen molar-refractivity contribution in [1.29, 1.82) is 0 Å². The normalized spacial score (nSPS) is 10.9. The highest BCUT2D eigenvalue weighted by atomic mass is 35.5. The van der Waals surface area contributed by atoms with Crippen molar-refractivity contribution in [2.24, 2.45) is 0 Å². The molecule has 3 aromatic rings. The van der Waals surface area contributed by atoms with Crippen LogP contribution >= 0.6 is 34.8 Å². The first-order valence-corrected chi connectivity index (χ1v) is 8.07. The predicted octanol–water partition coefficient (Wildman–Crippen LogP) is 4.13. The molecule has 128 valence electrons. The van der Waals surface area contributed by atoms with Crippen molar-refractivity contribution >= 4 is 57.3 Å². The van der Waals surface area contributed by atoms with Crippen LogP contribution in [0, 0.1) is 5.82 Å². The van der Waals surface area contributed by atoms with Crippen molar-refractivity contribution in [3.8, 4) is 0 Å². The average Bonchev–Trinajstić information content (AvgIpc) is 2.54. The van der Waals surface area contributed by atoms with Crippen LogP contribution in [0.5, 0.6) is 0 Å². The van der Waals surface area contributed by atoms with Crippen LogP contribution in [0.15, 0.2) is 41.5 Å². The van der Waals surface area contributed by atoms with Crippen LogP contribution in [0.3, 0.4) is 0 Å². The molecular formula is C16H9Cl3FN3O2. The van der Waals surface area contributed by atoms with E-state index in [0.717, 1.165) is 10.6 Å². The third kappa shape index (κ3) is 3.76. The predicted molar refractivity (Wildman–Crippen MR) is 96.1 cm³/mol. The Balaban J connectivity index is 1.90. The molecule has 0 bridgehead atoms. The molecule has 0 fully saturated rings. The molecule has 1 N–H and O–H groups in total. The molecule has 25 heavy (non-hydrogen) atoms. The fraction of sp³-hybridized carbons (Fsp3) is 0.0625. The van der Waals surface area contributed by atoms with Gasteiger partial charge in [-0.25, -0.2) is 9.37 Å². The Morgan fingerprint density at radius 3 is 2.68 bits per heavy atom. The van der Waals surface area contributed by atoms with Crippen molar-refractivity contribution in [1.82, 2.24) is 9.55 Å². The van der Waals surface area contributed by atoms with Crippen LogP contribution in [0.1, 0.15) is 0 Å². The Labute approximate surface area is 155 Å². The summed E-state index contributed by atoms with van der Waals surface area (Å²) in [5, 5.41) is 3.32. The molecule has 9 heteroatoms. The second-order valence-electron chi connectivity index (χ2n) is 5.13. The van der Waals surface area contributed by atoms with Gasteiger partial charge in [0.05, 0.1) is 27.9 Å². The summed E-state index contributed by atoms with van der Waals surface area (Å²) < 4.78 is 14.7. The summed E-state index contributed by atoms with van der Waals surface area (Å²) in [7, 11) is 0. The lowest BCUT2D eigenvalue weighted by Crippen LogP contribution is -2.28. The summed E-state index contributed by atoms with van der Waals surface area (Å²) in [6.07, 6.45) is 1.19. The number of aromatic nitrogens is 2. The molecule has 1 heterocycles. The zero-order valence-electron chi connectivity index (χ0n) is 12.4. The Bertz CT molecular complexity index is 1050. The number of benzene rings is 2. The van der Waals surface area contributed by atoms with E-state index in [1.165, 1.54) is 30.6 Å². The molecular weight excluding hydrogens is 392 g/mol. The minimum Gasteiger partial charge on any atom is -0.322 e. The van der Waals surface area contributed by atoms with Gasteiger partial charge in [-0.05, 0) is 30.3 Å². The number of nitrogens with one attached hydrogen (secondary N) is 1. The van der Waals surface area contributed by atoms with E-state index in [1.54, 1.807) is 0 Å². The van der Waals surface area contributed by atoms with Gasteiger partial charge in [-0.2, -0.15) is 0 Å². The molecule has 0 unspecified atom stereocenters. The summed E-state index contributed by atoms with van der Waals surface area (Å²) >= 11 is 17.7.